The molecule has 0 bridgehead atoms. The van der Waals surface area contributed by atoms with E-state index in [1.807, 2.05) is 12.1 Å². The molecule has 1 aromatic rings. The zero-order valence-corrected chi connectivity index (χ0v) is 13.3. The van der Waals surface area contributed by atoms with Gasteiger partial charge in [-0.05, 0) is 62.1 Å². The number of anilines is 1. The second kappa shape index (κ2) is 7.02. The molecule has 0 radical (unpaired) electrons. The van der Waals surface area contributed by atoms with Crippen molar-refractivity contribution in [2.45, 2.75) is 56.9 Å². The van der Waals surface area contributed by atoms with Crippen molar-refractivity contribution in [3.8, 4) is 0 Å². The monoisotopic (exact) mass is 316 g/mol. The van der Waals surface area contributed by atoms with E-state index in [0.717, 1.165) is 18.5 Å². The number of nitrogens with one attached hydrogen (secondary N) is 2. The highest BCUT2D eigenvalue weighted by molar-refractivity contribution is 5.89. The number of carbonyl (C=O) groups excluding carboxylic acids is 1. The van der Waals surface area contributed by atoms with Gasteiger partial charge in [-0.25, -0.2) is 4.79 Å². The van der Waals surface area contributed by atoms with E-state index in [-0.39, 0.29) is 18.0 Å². The largest absolute Gasteiger partial charge is 0.481 e. The maximum Gasteiger partial charge on any atom is 0.319 e. The topological polar surface area (TPSA) is 78.4 Å². The van der Waals surface area contributed by atoms with E-state index in [4.69, 9.17) is 5.11 Å². The maximum atomic E-state index is 12.1. The molecule has 2 aliphatic carbocycles. The van der Waals surface area contributed by atoms with Crippen molar-refractivity contribution >= 4 is 17.7 Å². The predicted molar refractivity (Wildman–Crippen MR) is 88.6 cm³/mol. The number of amides is 2. The highest BCUT2D eigenvalue weighted by Gasteiger charge is 2.26. The van der Waals surface area contributed by atoms with E-state index in [2.05, 4.69) is 22.8 Å². The Morgan fingerprint density at radius 2 is 1.78 bits per heavy atom. The number of rotatable bonds is 4. The minimum Gasteiger partial charge on any atom is -0.481 e. The number of urea groups is 1. The quantitative estimate of drug-likeness (QED) is 0.792. The van der Waals surface area contributed by atoms with Crippen LogP contribution < -0.4 is 10.6 Å². The van der Waals surface area contributed by atoms with E-state index in [0.29, 0.717) is 18.8 Å². The molecule has 0 saturated heterocycles. The molecule has 0 atom stereocenters. The molecular weight excluding hydrogens is 292 g/mol. The van der Waals surface area contributed by atoms with Crippen LogP contribution >= 0.6 is 0 Å². The summed E-state index contributed by atoms with van der Waals surface area (Å²) in [5, 5.41) is 14.9. The first-order valence-corrected chi connectivity index (χ1v) is 8.52. The molecule has 0 spiro atoms. The van der Waals surface area contributed by atoms with Crippen LogP contribution in [-0.4, -0.2) is 23.1 Å². The van der Waals surface area contributed by atoms with Gasteiger partial charge in [-0.15, -0.1) is 0 Å². The molecule has 5 nitrogen and oxygen atoms in total. The van der Waals surface area contributed by atoms with Crippen molar-refractivity contribution in [3.63, 3.8) is 0 Å². The second-order valence-electron chi connectivity index (χ2n) is 6.74. The number of carboxylic acid groups (broad SMARTS) is 1. The summed E-state index contributed by atoms with van der Waals surface area (Å²) < 4.78 is 0. The first-order valence-electron chi connectivity index (χ1n) is 8.52. The number of aliphatic carboxylic acids is 1. The molecule has 2 amide bonds. The maximum absolute atomic E-state index is 12.1. The Morgan fingerprint density at radius 3 is 2.39 bits per heavy atom. The van der Waals surface area contributed by atoms with Crippen molar-refractivity contribution in [1.82, 2.24) is 5.32 Å². The lowest BCUT2D eigenvalue weighted by Crippen LogP contribution is -2.41. The Labute approximate surface area is 136 Å². The van der Waals surface area contributed by atoms with Crippen LogP contribution in [0.5, 0.6) is 0 Å². The fraction of sp³-hybridized carbons (Fsp3) is 0.556. The van der Waals surface area contributed by atoms with Gasteiger partial charge in [0.2, 0.25) is 0 Å². The van der Waals surface area contributed by atoms with Crippen LogP contribution in [0.25, 0.3) is 0 Å². The lowest BCUT2D eigenvalue weighted by atomic mass is 9.80. The summed E-state index contributed by atoms with van der Waals surface area (Å²) in [6, 6.07) is 7.95. The zero-order chi connectivity index (χ0) is 16.2. The summed E-state index contributed by atoms with van der Waals surface area (Å²) in [4.78, 5) is 23.1. The Morgan fingerprint density at radius 1 is 1.04 bits per heavy atom. The van der Waals surface area contributed by atoms with Crippen molar-refractivity contribution in [2.24, 2.45) is 5.92 Å². The van der Waals surface area contributed by atoms with Crippen LogP contribution in [0.4, 0.5) is 10.5 Å². The van der Waals surface area contributed by atoms with E-state index in [9.17, 15) is 9.59 Å². The molecule has 3 N–H and O–H groups in total. The molecule has 2 aliphatic rings. The van der Waals surface area contributed by atoms with Crippen LogP contribution in [-0.2, 0) is 4.79 Å². The highest BCUT2D eigenvalue weighted by atomic mass is 16.4. The fourth-order valence-electron chi connectivity index (χ4n) is 3.45. The molecule has 2 fully saturated rings. The molecule has 124 valence electrons. The third-order valence-corrected chi connectivity index (χ3v) is 5.13. The highest BCUT2D eigenvalue weighted by Crippen LogP contribution is 2.37. The van der Waals surface area contributed by atoms with Crippen molar-refractivity contribution in [1.29, 1.82) is 0 Å². The lowest BCUT2D eigenvalue weighted by Gasteiger charge is -2.27. The molecular formula is C18H24N2O3. The van der Waals surface area contributed by atoms with Crippen LogP contribution in [0.1, 0.15) is 56.4 Å². The Bertz CT molecular complexity index is 575. The van der Waals surface area contributed by atoms with Gasteiger partial charge in [0.15, 0.2) is 0 Å². The van der Waals surface area contributed by atoms with Crippen LogP contribution in [0.15, 0.2) is 24.3 Å². The Balaban J connectivity index is 1.49. The van der Waals surface area contributed by atoms with Crippen LogP contribution in [0, 0.1) is 5.92 Å². The third kappa shape index (κ3) is 4.03. The summed E-state index contributed by atoms with van der Waals surface area (Å²) in [7, 11) is 0. The van der Waals surface area contributed by atoms with Crippen LogP contribution in [0.3, 0.4) is 0 Å². The normalized spacial score (nSPS) is 24.5. The molecule has 2 saturated carbocycles. The SMILES string of the molecule is O=C(Nc1cccc(C2CCC2)c1)NC1CCC(C(=O)O)CC1. The van der Waals surface area contributed by atoms with Gasteiger partial charge in [-0.1, -0.05) is 18.6 Å². The van der Waals surface area contributed by atoms with E-state index < -0.39 is 5.97 Å². The average molecular weight is 316 g/mol. The van der Waals surface area contributed by atoms with E-state index in [1.165, 1.54) is 24.8 Å². The van der Waals surface area contributed by atoms with E-state index >= 15 is 0 Å². The Hall–Kier alpha value is -2.04. The molecule has 0 unspecified atom stereocenters. The molecule has 3 rings (SSSR count). The Kier molecular flexibility index (Phi) is 4.84. The van der Waals surface area contributed by atoms with Crippen molar-refractivity contribution < 1.29 is 14.7 Å². The van der Waals surface area contributed by atoms with Gasteiger partial charge in [0.25, 0.3) is 0 Å². The molecule has 1 aromatic carbocycles. The number of hydrogen-bond donors (Lipinski definition) is 3. The summed E-state index contributed by atoms with van der Waals surface area (Å²) >= 11 is 0. The molecule has 23 heavy (non-hydrogen) atoms. The number of hydrogen-bond acceptors (Lipinski definition) is 2. The van der Waals surface area contributed by atoms with Gasteiger partial charge < -0.3 is 15.7 Å². The number of carboxylic acids is 1. The first kappa shape index (κ1) is 15.8. The summed E-state index contributed by atoms with van der Waals surface area (Å²) in [5.74, 6) is -0.331. The number of carbonyl (C=O) groups is 2. The van der Waals surface area contributed by atoms with Crippen molar-refractivity contribution in [3.05, 3.63) is 29.8 Å². The van der Waals surface area contributed by atoms with Crippen LogP contribution in [0.2, 0.25) is 0 Å². The third-order valence-electron chi connectivity index (χ3n) is 5.13. The summed E-state index contributed by atoms with van der Waals surface area (Å²) in [6.45, 7) is 0. The lowest BCUT2D eigenvalue weighted by molar-refractivity contribution is -0.142. The predicted octanol–water partition coefficient (Wildman–Crippen LogP) is 3.72. The van der Waals surface area contributed by atoms with Crippen molar-refractivity contribution in [2.75, 3.05) is 5.32 Å². The molecule has 0 heterocycles. The minimum absolute atomic E-state index is 0.0698. The van der Waals surface area contributed by atoms with Gasteiger partial charge in [-0.2, -0.15) is 0 Å². The van der Waals surface area contributed by atoms with Gasteiger partial charge >= 0.3 is 12.0 Å². The van der Waals surface area contributed by atoms with E-state index in [1.54, 1.807) is 0 Å². The first-order chi connectivity index (χ1) is 11.1. The van der Waals surface area contributed by atoms with Gasteiger partial charge in [0, 0.05) is 11.7 Å². The molecule has 0 aromatic heterocycles. The summed E-state index contributed by atoms with van der Waals surface area (Å²) in [6.07, 6.45) is 6.50. The second-order valence-corrected chi connectivity index (χ2v) is 6.74. The summed E-state index contributed by atoms with van der Waals surface area (Å²) in [5.41, 5.74) is 2.13. The minimum atomic E-state index is -0.722. The average Bonchev–Trinajstić information content (AvgIpc) is 2.46. The molecule has 0 aliphatic heterocycles. The van der Waals surface area contributed by atoms with Gasteiger partial charge in [0.05, 0.1) is 5.92 Å². The zero-order valence-electron chi connectivity index (χ0n) is 13.3. The van der Waals surface area contributed by atoms with Gasteiger partial charge in [0.1, 0.15) is 0 Å². The molecule has 5 heteroatoms. The number of benzene rings is 1. The standard InChI is InChI=1S/C18H24N2O3/c21-17(22)13-7-9-15(10-8-13)19-18(23)20-16-6-2-5-14(11-16)12-3-1-4-12/h2,5-6,11-13,15H,1,3-4,7-10H2,(H,21,22)(H2,19,20,23). The fourth-order valence-corrected chi connectivity index (χ4v) is 3.45. The smallest absolute Gasteiger partial charge is 0.319 e. The van der Waals surface area contributed by atoms with Gasteiger partial charge in [-0.3, -0.25) is 4.79 Å².